The summed E-state index contributed by atoms with van der Waals surface area (Å²) in [5, 5.41) is 7.78. The first kappa shape index (κ1) is 15.8. The minimum atomic E-state index is -0.196. The highest BCUT2D eigenvalue weighted by Crippen LogP contribution is 2.19. The van der Waals surface area contributed by atoms with Crippen molar-refractivity contribution >= 4 is 39.1 Å². The van der Waals surface area contributed by atoms with Crippen LogP contribution in [-0.2, 0) is 0 Å². The Hall–Kier alpha value is -2.11. The van der Waals surface area contributed by atoms with Crippen LogP contribution in [0.15, 0.2) is 59.2 Å². The van der Waals surface area contributed by atoms with Crippen LogP contribution < -0.4 is 5.32 Å². The van der Waals surface area contributed by atoms with E-state index < -0.39 is 0 Å². The molecule has 1 heterocycles. The Balaban J connectivity index is 1.86. The second-order valence-corrected chi connectivity index (χ2v) is 6.35. The van der Waals surface area contributed by atoms with Gasteiger partial charge in [-0.05, 0) is 49.4 Å². The molecule has 2 aromatic carbocycles. The first-order valence-electron chi connectivity index (χ1n) is 6.92. The van der Waals surface area contributed by atoms with Crippen molar-refractivity contribution in [3.8, 4) is 5.69 Å². The fourth-order valence-corrected chi connectivity index (χ4v) is 2.68. The van der Waals surface area contributed by atoms with Gasteiger partial charge in [0.2, 0.25) is 0 Å². The number of hydrogen-bond acceptors (Lipinski definition) is 2. The van der Waals surface area contributed by atoms with E-state index in [-0.39, 0.29) is 5.91 Å². The zero-order valence-corrected chi connectivity index (χ0v) is 14.6. The lowest BCUT2D eigenvalue weighted by Crippen LogP contribution is -2.13. The van der Waals surface area contributed by atoms with Crippen molar-refractivity contribution in [1.29, 1.82) is 0 Å². The average Bonchev–Trinajstić information content (AvgIpc) is 2.91. The van der Waals surface area contributed by atoms with Gasteiger partial charge >= 0.3 is 0 Å². The first-order chi connectivity index (χ1) is 11.0. The van der Waals surface area contributed by atoms with Gasteiger partial charge in [0.1, 0.15) is 0 Å². The van der Waals surface area contributed by atoms with E-state index in [4.69, 9.17) is 11.6 Å². The molecular formula is C17H13BrClN3O. The molecule has 0 saturated heterocycles. The van der Waals surface area contributed by atoms with Crippen LogP contribution in [0.2, 0.25) is 5.02 Å². The fraction of sp³-hybridized carbons (Fsp3) is 0.0588. The van der Waals surface area contributed by atoms with Gasteiger partial charge in [-0.3, -0.25) is 4.79 Å². The van der Waals surface area contributed by atoms with Gasteiger partial charge in [0.25, 0.3) is 5.91 Å². The van der Waals surface area contributed by atoms with Crippen molar-refractivity contribution in [2.45, 2.75) is 6.92 Å². The molecule has 3 rings (SSSR count). The van der Waals surface area contributed by atoms with Crippen LogP contribution in [-0.4, -0.2) is 15.7 Å². The number of rotatable bonds is 3. The van der Waals surface area contributed by atoms with Crippen LogP contribution >= 0.6 is 27.5 Å². The molecule has 6 heteroatoms. The minimum absolute atomic E-state index is 0.196. The van der Waals surface area contributed by atoms with Gasteiger partial charge in [0.15, 0.2) is 0 Å². The summed E-state index contributed by atoms with van der Waals surface area (Å²) >= 11 is 9.38. The maximum atomic E-state index is 12.4. The molecule has 0 aliphatic heterocycles. The van der Waals surface area contributed by atoms with Crippen molar-refractivity contribution in [2.75, 3.05) is 5.32 Å². The third-order valence-electron chi connectivity index (χ3n) is 3.41. The highest BCUT2D eigenvalue weighted by molar-refractivity contribution is 9.10. The first-order valence-corrected chi connectivity index (χ1v) is 8.09. The van der Waals surface area contributed by atoms with Crippen LogP contribution in [0, 0.1) is 6.92 Å². The van der Waals surface area contributed by atoms with Crippen molar-refractivity contribution in [2.24, 2.45) is 0 Å². The van der Waals surface area contributed by atoms with E-state index in [2.05, 4.69) is 26.3 Å². The molecule has 4 nitrogen and oxygen atoms in total. The summed E-state index contributed by atoms with van der Waals surface area (Å²) in [5.41, 5.74) is 2.82. The van der Waals surface area contributed by atoms with Crippen LogP contribution in [0.3, 0.4) is 0 Å². The molecule has 116 valence electrons. The Labute approximate surface area is 147 Å². The van der Waals surface area contributed by atoms with Crippen LogP contribution in [0.1, 0.15) is 16.1 Å². The lowest BCUT2D eigenvalue weighted by Gasteiger charge is -2.07. The normalized spacial score (nSPS) is 10.6. The molecule has 0 radical (unpaired) electrons. The number of halogens is 2. The van der Waals surface area contributed by atoms with E-state index in [1.165, 1.54) is 0 Å². The SMILES string of the molecule is Cc1c(C(=O)Nc2ccc(Br)cc2)cnn1-c1cccc(Cl)c1. The topological polar surface area (TPSA) is 46.9 Å². The summed E-state index contributed by atoms with van der Waals surface area (Å²) in [5.74, 6) is -0.196. The van der Waals surface area contributed by atoms with Gasteiger partial charge in [0.05, 0.1) is 23.1 Å². The highest BCUT2D eigenvalue weighted by Gasteiger charge is 2.15. The summed E-state index contributed by atoms with van der Waals surface area (Å²) in [6, 6.07) is 14.7. The molecule has 0 aliphatic rings. The standard InChI is InChI=1S/C17H13BrClN3O/c1-11-16(17(23)21-14-7-5-12(18)6-8-14)10-20-22(11)15-4-2-3-13(19)9-15/h2-10H,1H3,(H,21,23). The van der Waals surface area contributed by atoms with Crippen molar-refractivity contribution in [1.82, 2.24) is 9.78 Å². The molecule has 0 atom stereocenters. The molecule has 1 aromatic heterocycles. The number of benzene rings is 2. The second-order valence-electron chi connectivity index (χ2n) is 5.00. The van der Waals surface area contributed by atoms with Gasteiger partial charge in [-0.15, -0.1) is 0 Å². The molecule has 0 saturated carbocycles. The van der Waals surface area contributed by atoms with Crippen molar-refractivity contribution in [3.63, 3.8) is 0 Å². The van der Waals surface area contributed by atoms with E-state index in [1.807, 2.05) is 43.3 Å². The summed E-state index contributed by atoms with van der Waals surface area (Å²) in [6.07, 6.45) is 1.56. The predicted octanol–water partition coefficient (Wildman–Crippen LogP) is 4.85. The smallest absolute Gasteiger partial charge is 0.259 e. The maximum Gasteiger partial charge on any atom is 0.259 e. The third-order valence-corrected chi connectivity index (χ3v) is 4.17. The molecule has 0 aliphatic carbocycles. The van der Waals surface area contributed by atoms with Crippen LogP contribution in [0.5, 0.6) is 0 Å². The van der Waals surface area contributed by atoms with Gasteiger partial charge in [0, 0.05) is 15.2 Å². The molecule has 0 bridgehead atoms. The number of nitrogens with one attached hydrogen (secondary N) is 1. The summed E-state index contributed by atoms with van der Waals surface area (Å²) in [7, 11) is 0. The Morgan fingerprint density at radius 2 is 1.96 bits per heavy atom. The van der Waals surface area contributed by atoms with Crippen LogP contribution in [0.4, 0.5) is 5.69 Å². The van der Waals surface area contributed by atoms with E-state index in [1.54, 1.807) is 23.0 Å². The second kappa shape index (κ2) is 6.56. The van der Waals surface area contributed by atoms with E-state index in [9.17, 15) is 4.79 Å². The van der Waals surface area contributed by atoms with Crippen molar-refractivity contribution < 1.29 is 4.79 Å². The van der Waals surface area contributed by atoms with Crippen LogP contribution in [0.25, 0.3) is 5.69 Å². The minimum Gasteiger partial charge on any atom is -0.322 e. The predicted molar refractivity (Wildman–Crippen MR) is 95.4 cm³/mol. The Morgan fingerprint density at radius 1 is 1.22 bits per heavy atom. The van der Waals surface area contributed by atoms with E-state index in [0.29, 0.717) is 10.6 Å². The fourth-order valence-electron chi connectivity index (χ4n) is 2.23. The summed E-state index contributed by atoms with van der Waals surface area (Å²) in [6.45, 7) is 1.85. The number of anilines is 1. The molecule has 0 spiro atoms. The number of amides is 1. The monoisotopic (exact) mass is 389 g/mol. The number of hydrogen-bond donors (Lipinski definition) is 1. The summed E-state index contributed by atoms with van der Waals surface area (Å²) < 4.78 is 2.66. The zero-order valence-electron chi connectivity index (χ0n) is 12.3. The van der Waals surface area contributed by atoms with Gasteiger partial charge in [-0.25, -0.2) is 4.68 Å². The van der Waals surface area contributed by atoms with E-state index in [0.717, 1.165) is 21.5 Å². The molecular weight excluding hydrogens is 378 g/mol. The highest BCUT2D eigenvalue weighted by atomic mass is 79.9. The zero-order chi connectivity index (χ0) is 16.4. The molecule has 0 fully saturated rings. The Kier molecular flexibility index (Phi) is 4.50. The average molecular weight is 391 g/mol. The van der Waals surface area contributed by atoms with Gasteiger partial charge in [-0.1, -0.05) is 33.6 Å². The molecule has 3 aromatic rings. The Morgan fingerprint density at radius 3 is 2.65 bits per heavy atom. The number of aromatic nitrogens is 2. The van der Waals surface area contributed by atoms with Gasteiger partial charge < -0.3 is 5.32 Å². The largest absolute Gasteiger partial charge is 0.322 e. The lowest BCUT2D eigenvalue weighted by atomic mass is 10.2. The molecule has 1 N–H and O–H groups in total. The number of carbonyl (C=O) groups is 1. The maximum absolute atomic E-state index is 12.4. The molecule has 1 amide bonds. The number of carbonyl (C=O) groups excluding carboxylic acids is 1. The lowest BCUT2D eigenvalue weighted by molar-refractivity contribution is 0.102. The van der Waals surface area contributed by atoms with Crippen molar-refractivity contribution in [3.05, 3.63) is 75.5 Å². The van der Waals surface area contributed by atoms with E-state index >= 15 is 0 Å². The number of nitrogens with zero attached hydrogens (tertiary/aromatic N) is 2. The quantitative estimate of drug-likeness (QED) is 0.695. The summed E-state index contributed by atoms with van der Waals surface area (Å²) in [4.78, 5) is 12.4. The van der Waals surface area contributed by atoms with Gasteiger partial charge in [-0.2, -0.15) is 5.10 Å². The Bertz CT molecular complexity index is 859. The molecule has 0 unspecified atom stereocenters. The molecule has 23 heavy (non-hydrogen) atoms. The third kappa shape index (κ3) is 3.46.